The van der Waals surface area contributed by atoms with E-state index in [1.165, 1.54) is 11.8 Å². The maximum absolute atomic E-state index is 10.9. The third-order valence-corrected chi connectivity index (χ3v) is 4.45. The number of hydrogen-bond donors (Lipinski definition) is 1. The highest BCUT2D eigenvalue weighted by molar-refractivity contribution is 7.99. The van der Waals surface area contributed by atoms with Crippen molar-refractivity contribution in [2.75, 3.05) is 0 Å². The van der Waals surface area contributed by atoms with Crippen LogP contribution in [0.4, 0.5) is 0 Å². The summed E-state index contributed by atoms with van der Waals surface area (Å²) >= 11 is 13.5. The number of carboxylic acids is 1. The van der Waals surface area contributed by atoms with Crippen LogP contribution in [0.3, 0.4) is 0 Å². The van der Waals surface area contributed by atoms with Crippen molar-refractivity contribution in [3.8, 4) is 0 Å². The highest BCUT2D eigenvalue weighted by atomic mass is 35.5. The Hall–Kier alpha value is -1.16. The molecule has 19 heavy (non-hydrogen) atoms. The van der Waals surface area contributed by atoms with E-state index in [0.717, 1.165) is 15.4 Å². The van der Waals surface area contributed by atoms with Crippen molar-refractivity contribution in [1.29, 1.82) is 0 Å². The molecule has 0 saturated heterocycles. The van der Waals surface area contributed by atoms with Crippen LogP contribution in [0.1, 0.15) is 15.9 Å². The smallest absolute Gasteiger partial charge is 0.335 e. The Kier molecular flexibility index (Phi) is 4.40. The SMILES string of the molecule is Cc1cc(C(=O)O)ccc1Sc1cc(Cl)ccc1Cl. The van der Waals surface area contributed by atoms with Crippen LogP contribution in [0, 0.1) is 6.92 Å². The van der Waals surface area contributed by atoms with Crippen molar-refractivity contribution in [2.45, 2.75) is 16.7 Å². The van der Waals surface area contributed by atoms with Gasteiger partial charge < -0.3 is 5.11 Å². The van der Waals surface area contributed by atoms with Crippen LogP contribution in [0.25, 0.3) is 0 Å². The molecular weight excluding hydrogens is 303 g/mol. The second-order valence-electron chi connectivity index (χ2n) is 3.96. The fourth-order valence-corrected chi connectivity index (χ4v) is 2.99. The van der Waals surface area contributed by atoms with Gasteiger partial charge in [0.05, 0.1) is 10.6 Å². The summed E-state index contributed by atoms with van der Waals surface area (Å²) in [5, 5.41) is 10.2. The lowest BCUT2D eigenvalue weighted by Crippen LogP contribution is -1.96. The minimum absolute atomic E-state index is 0.277. The molecule has 0 aliphatic rings. The summed E-state index contributed by atoms with van der Waals surface area (Å²) in [7, 11) is 0. The monoisotopic (exact) mass is 312 g/mol. The average Bonchev–Trinajstić information content (AvgIpc) is 2.36. The normalized spacial score (nSPS) is 10.5. The predicted octanol–water partition coefficient (Wildman–Crippen LogP) is 5.15. The molecule has 2 rings (SSSR count). The number of benzene rings is 2. The fraction of sp³-hybridized carbons (Fsp3) is 0.0714. The molecule has 2 aromatic carbocycles. The first kappa shape index (κ1) is 14.3. The molecule has 1 N–H and O–H groups in total. The largest absolute Gasteiger partial charge is 0.478 e. The van der Waals surface area contributed by atoms with Gasteiger partial charge in [0.1, 0.15) is 0 Å². The van der Waals surface area contributed by atoms with E-state index in [-0.39, 0.29) is 5.56 Å². The van der Waals surface area contributed by atoms with Gasteiger partial charge in [0.25, 0.3) is 0 Å². The lowest BCUT2D eigenvalue weighted by atomic mass is 10.1. The van der Waals surface area contributed by atoms with Gasteiger partial charge in [-0.15, -0.1) is 0 Å². The van der Waals surface area contributed by atoms with E-state index in [9.17, 15) is 4.79 Å². The second-order valence-corrected chi connectivity index (χ2v) is 5.89. The Bertz CT molecular complexity index is 641. The van der Waals surface area contributed by atoms with Crippen LogP contribution in [0.2, 0.25) is 10.0 Å². The molecule has 0 spiro atoms. The van der Waals surface area contributed by atoms with E-state index in [2.05, 4.69) is 0 Å². The minimum Gasteiger partial charge on any atom is -0.478 e. The summed E-state index contributed by atoms with van der Waals surface area (Å²) in [6.07, 6.45) is 0. The molecule has 0 aliphatic carbocycles. The molecule has 5 heteroatoms. The first-order valence-corrected chi connectivity index (χ1v) is 7.01. The van der Waals surface area contributed by atoms with Crippen molar-refractivity contribution in [2.24, 2.45) is 0 Å². The maximum atomic E-state index is 10.9. The lowest BCUT2D eigenvalue weighted by molar-refractivity contribution is 0.0696. The Balaban J connectivity index is 2.33. The summed E-state index contributed by atoms with van der Waals surface area (Å²) in [5.74, 6) is -0.930. The van der Waals surface area contributed by atoms with Crippen LogP contribution in [-0.4, -0.2) is 11.1 Å². The minimum atomic E-state index is -0.930. The van der Waals surface area contributed by atoms with Crippen LogP contribution in [0.5, 0.6) is 0 Å². The molecule has 2 nitrogen and oxygen atoms in total. The van der Waals surface area contributed by atoms with Crippen molar-refractivity contribution < 1.29 is 9.90 Å². The van der Waals surface area contributed by atoms with Crippen LogP contribution < -0.4 is 0 Å². The zero-order valence-electron chi connectivity index (χ0n) is 9.98. The average molecular weight is 313 g/mol. The third kappa shape index (κ3) is 3.44. The first-order valence-electron chi connectivity index (χ1n) is 5.44. The molecule has 0 atom stereocenters. The number of hydrogen-bond acceptors (Lipinski definition) is 2. The van der Waals surface area contributed by atoms with Crippen LogP contribution in [0.15, 0.2) is 46.2 Å². The van der Waals surface area contributed by atoms with Gasteiger partial charge in [0.15, 0.2) is 0 Å². The second kappa shape index (κ2) is 5.87. The molecule has 2 aromatic rings. The molecular formula is C14H10Cl2O2S. The zero-order chi connectivity index (χ0) is 14.0. The molecule has 0 bridgehead atoms. The third-order valence-electron chi connectivity index (χ3n) is 2.54. The van der Waals surface area contributed by atoms with Gasteiger partial charge in [-0.3, -0.25) is 0 Å². The van der Waals surface area contributed by atoms with E-state index >= 15 is 0 Å². The topological polar surface area (TPSA) is 37.3 Å². The van der Waals surface area contributed by atoms with E-state index in [1.807, 2.05) is 6.92 Å². The highest BCUT2D eigenvalue weighted by Crippen LogP contribution is 2.36. The van der Waals surface area contributed by atoms with Gasteiger partial charge in [-0.05, 0) is 48.9 Å². The maximum Gasteiger partial charge on any atom is 0.335 e. The number of halogens is 2. The molecule has 0 radical (unpaired) electrons. The Morgan fingerprint density at radius 2 is 1.84 bits per heavy atom. The quantitative estimate of drug-likeness (QED) is 0.851. The lowest BCUT2D eigenvalue weighted by Gasteiger charge is -2.08. The number of carbonyl (C=O) groups is 1. The summed E-state index contributed by atoms with van der Waals surface area (Å²) in [6.45, 7) is 1.87. The van der Waals surface area contributed by atoms with Crippen LogP contribution in [-0.2, 0) is 0 Å². The summed E-state index contributed by atoms with van der Waals surface area (Å²) in [6, 6.07) is 10.3. The fourth-order valence-electron chi connectivity index (χ4n) is 1.57. The van der Waals surface area contributed by atoms with Crippen LogP contribution >= 0.6 is 35.0 Å². The van der Waals surface area contributed by atoms with Gasteiger partial charge in [-0.25, -0.2) is 4.79 Å². The van der Waals surface area contributed by atoms with E-state index in [1.54, 1.807) is 36.4 Å². The Morgan fingerprint density at radius 1 is 1.11 bits per heavy atom. The molecule has 0 heterocycles. The first-order chi connectivity index (χ1) is 8.97. The van der Waals surface area contributed by atoms with Crippen molar-refractivity contribution in [3.63, 3.8) is 0 Å². The van der Waals surface area contributed by atoms with Crippen molar-refractivity contribution in [1.82, 2.24) is 0 Å². The zero-order valence-corrected chi connectivity index (χ0v) is 12.3. The van der Waals surface area contributed by atoms with E-state index < -0.39 is 5.97 Å². The number of rotatable bonds is 3. The Labute approximate surface area is 125 Å². The molecule has 0 saturated carbocycles. The van der Waals surface area contributed by atoms with E-state index in [4.69, 9.17) is 28.3 Å². The van der Waals surface area contributed by atoms with Gasteiger partial charge in [0, 0.05) is 14.8 Å². The predicted molar refractivity (Wildman–Crippen MR) is 78.7 cm³/mol. The van der Waals surface area contributed by atoms with Gasteiger partial charge in [-0.2, -0.15) is 0 Å². The highest BCUT2D eigenvalue weighted by Gasteiger charge is 2.09. The van der Waals surface area contributed by atoms with Gasteiger partial charge >= 0.3 is 5.97 Å². The molecule has 0 aromatic heterocycles. The van der Waals surface area contributed by atoms with Crippen molar-refractivity contribution in [3.05, 3.63) is 57.6 Å². The molecule has 0 aliphatic heterocycles. The van der Waals surface area contributed by atoms with E-state index in [0.29, 0.717) is 10.0 Å². The summed E-state index contributed by atoms with van der Waals surface area (Å²) in [5.41, 5.74) is 1.17. The summed E-state index contributed by atoms with van der Waals surface area (Å²) < 4.78 is 0. The van der Waals surface area contributed by atoms with Crippen molar-refractivity contribution >= 4 is 40.9 Å². The number of carboxylic acid groups (broad SMARTS) is 1. The molecule has 0 unspecified atom stereocenters. The van der Waals surface area contributed by atoms with Gasteiger partial charge in [0.2, 0.25) is 0 Å². The number of aryl methyl sites for hydroxylation is 1. The Morgan fingerprint density at radius 3 is 2.47 bits per heavy atom. The molecule has 98 valence electrons. The number of aromatic carboxylic acids is 1. The standard InChI is InChI=1S/C14H10Cl2O2S/c1-8-6-9(14(17)18)2-5-12(8)19-13-7-10(15)3-4-11(13)16/h2-7H,1H3,(H,17,18). The summed E-state index contributed by atoms with van der Waals surface area (Å²) in [4.78, 5) is 12.7. The molecule has 0 fully saturated rings. The molecule has 0 amide bonds. The van der Waals surface area contributed by atoms with Gasteiger partial charge in [-0.1, -0.05) is 35.0 Å².